The quantitative estimate of drug-likeness (QED) is 0.0409. The highest BCUT2D eigenvalue weighted by molar-refractivity contribution is 7.86. The van der Waals surface area contributed by atoms with E-state index in [9.17, 15) is 40.9 Å². The summed E-state index contributed by atoms with van der Waals surface area (Å²) in [4.78, 5) is 15.0. The van der Waals surface area contributed by atoms with Crippen molar-refractivity contribution in [1.82, 2.24) is 20.5 Å². The molecule has 0 saturated carbocycles. The van der Waals surface area contributed by atoms with E-state index in [4.69, 9.17) is 21.7 Å². The highest BCUT2D eigenvalue weighted by Crippen LogP contribution is 2.47. The number of aliphatic hydroxyl groups excluding tert-OH is 1. The Bertz CT molecular complexity index is 1770. The number of phenolic OH excluding ortho intramolecular Hbond substituents is 2. The van der Waals surface area contributed by atoms with E-state index in [-0.39, 0.29) is 23.4 Å². The number of nitrogen functional groups attached to an aromatic ring is 2. The first-order valence-corrected chi connectivity index (χ1v) is 12.9. The van der Waals surface area contributed by atoms with Crippen LogP contribution < -0.4 is 16.8 Å². The molecule has 0 fully saturated rings. The maximum Gasteiger partial charge on any atom is 0.373 e. The smallest absolute Gasteiger partial charge is 0.373 e. The number of aliphatic imine (C=N–C) groups is 1. The molecule has 12 N–H and O–H groups in total. The van der Waals surface area contributed by atoms with Crippen LogP contribution in [0, 0.1) is 0 Å². The Labute approximate surface area is 223 Å². The molecule has 22 heteroatoms. The number of carbonyl (C=O) groups is 1. The summed E-state index contributed by atoms with van der Waals surface area (Å²) in [6.45, 7) is 2.93. The molecule has 0 atom stereocenters. The molecule has 0 spiro atoms. The zero-order valence-corrected chi connectivity index (χ0v) is 21.6. The number of hydrogen-bond donors (Lipinski definition) is 10. The van der Waals surface area contributed by atoms with Crippen molar-refractivity contribution in [2.45, 2.75) is 9.79 Å². The number of carboxylic acids is 1. The molecule has 0 aliphatic heterocycles. The number of azo groups is 1. The van der Waals surface area contributed by atoms with Gasteiger partial charge in [0.25, 0.3) is 20.2 Å². The Kier molecular flexibility index (Phi) is 9.29. The second-order valence-electron chi connectivity index (χ2n) is 7.20. The largest absolute Gasteiger partial charge is 0.505 e. The van der Waals surface area contributed by atoms with E-state index in [0.29, 0.717) is 12.1 Å². The van der Waals surface area contributed by atoms with Gasteiger partial charge in [0.2, 0.25) is 11.8 Å². The molecule has 0 radical (unpaired) electrons. The van der Waals surface area contributed by atoms with Gasteiger partial charge < -0.3 is 37.2 Å². The van der Waals surface area contributed by atoms with Gasteiger partial charge in [-0.25, -0.2) is 4.79 Å². The van der Waals surface area contributed by atoms with E-state index in [1.54, 1.807) is 0 Å². The van der Waals surface area contributed by atoms with Gasteiger partial charge in [-0.3, -0.25) is 19.2 Å². The van der Waals surface area contributed by atoms with Crippen molar-refractivity contribution in [1.29, 1.82) is 0 Å². The highest BCUT2D eigenvalue weighted by Gasteiger charge is 2.27. The predicted octanol–water partition coefficient (Wildman–Crippen LogP) is -0.423. The molecule has 0 saturated heterocycles. The van der Waals surface area contributed by atoms with Crippen molar-refractivity contribution in [2.24, 2.45) is 15.2 Å². The molecule has 0 amide bonds. The average Bonchev–Trinajstić information content (AvgIpc) is 3.29. The van der Waals surface area contributed by atoms with Crippen molar-refractivity contribution in [3.8, 4) is 11.5 Å². The number of nitrogens with two attached hydrogens (primary N) is 2. The third-order valence-electron chi connectivity index (χ3n) is 4.55. The summed E-state index contributed by atoms with van der Waals surface area (Å²) in [5, 5.41) is 51.9. The molecule has 1 heterocycles. The number of aromatic hydroxyl groups is 2. The van der Waals surface area contributed by atoms with Crippen molar-refractivity contribution in [3.05, 3.63) is 30.4 Å². The summed E-state index contributed by atoms with van der Waals surface area (Å²) < 4.78 is 65.2. The Hall–Kier alpha value is -4.90. The molecule has 3 aromatic rings. The first-order chi connectivity index (χ1) is 18.4. The maximum absolute atomic E-state index is 11.8. The SMILES string of the molecule is C=C(N=Nc1c(S(=O)(=O)O)cc2cc(S(=O)(=O)O)c(N)c(O)c2c1O)NC(CO)=NC.Nc1n[nH]c(C(=O)O)n1. The Morgan fingerprint density at radius 2 is 1.68 bits per heavy atom. The van der Waals surface area contributed by atoms with Crippen LogP contribution in [0.25, 0.3) is 10.8 Å². The second kappa shape index (κ2) is 11.9. The Morgan fingerprint density at radius 1 is 1.10 bits per heavy atom. The molecule has 40 heavy (non-hydrogen) atoms. The van der Waals surface area contributed by atoms with Crippen molar-refractivity contribution in [3.63, 3.8) is 0 Å². The van der Waals surface area contributed by atoms with Crippen LogP contribution in [0.3, 0.4) is 0 Å². The standard InChI is InChI=1S/C15H17N5O9S2.C3H4N4O2/c1-6(18-10(5-21)17-2)19-20-13-9(31(27,28)29)4-7-3-8(30(24,25)26)12(16)14(22)11(7)15(13)23;4-3-5-1(2(8)9)6-7-3/h3-4,21-23H,1,5,16H2,2H3,(H,17,18)(H,24,25,26)(H,27,28,29);(H,8,9)(H3,4,5,6,7). The number of aromatic carboxylic acids is 1. The number of aliphatic hydroxyl groups is 1. The second-order valence-corrected chi connectivity index (χ2v) is 9.98. The van der Waals surface area contributed by atoms with E-state index in [0.717, 1.165) is 0 Å². The van der Waals surface area contributed by atoms with E-state index >= 15 is 0 Å². The number of hydrogen-bond acceptors (Lipinski definition) is 15. The van der Waals surface area contributed by atoms with Crippen LogP contribution in [0.2, 0.25) is 0 Å². The molecule has 20 nitrogen and oxygen atoms in total. The lowest BCUT2D eigenvalue weighted by atomic mass is 10.1. The number of rotatable bonds is 7. The first kappa shape index (κ1) is 31.3. The molecule has 0 unspecified atom stereocenters. The summed E-state index contributed by atoms with van der Waals surface area (Å²) in [7, 11) is -8.63. The highest BCUT2D eigenvalue weighted by atomic mass is 32.2. The minimum absolute atomic E-state index is 0.0323. The number of carboxylic acid groups (broad SMARTS) is 1. The number of H-pyrrole nitrogens is 1. The number of nitrogens with zero attached hydrogens (tertiary/aromatic N) is 5. The van der Waals surface area contributed by atoms with Gasteiger partial charge in [-0.05, 0) is 17.5 Å². The van der Waals surface area contributed by atoms with Gasteiger partial charge in [-0.15, -0.1) is 15.3 Å². The number of phenols is 2. The molecule has 0 aliphatic carbocycles. The molecular formula is C18H21N9O11S2. The van der Waals surface area contributed by atoms with E-state index in [1.165, 1.54) is 7.05 Å². The Morgan fingerprint density at radius 3 is 2.10 bits per heavy atom. The number of amidine groups is 1. The van der Waals surface area contributed by atoms with Gasteiger partial charge in [0, 0.05) is 7.05 Å². The van der Waals surface area contributed by atoms with Crippen LogP contribution in [-0.4, -0.2) is 87.0 Å². The number of aromatic nitrogens is 3. The molecule has 1 aromatic heterocycles. The van der Waals surface area contributed by atoms with E-state index < -0.39 is 76.2 Å². The minimum Gasteiger partial charge on any atom is -0.505 e. The fourth-order valence-corrected chi connectivity index (χ4v) is 4.14. The molecule has 3 rings (SSSR count). The maximum atomic E-state index is 11.8. The third-order valence-corrected chi connectivity index (χ3v) is 6.31. The summed E-state index contributed by atoms with van der Waals surface area (Å²) in [5.41, 5.74) is 8.83. The predicted molar refractivity (Wildman–Crippen MR) is 136 cm³/mol. The topological polar surface area (TPSA) is 349 Å². The van der Waals surface area contributed by atoms with Crippen molar-refractivity contribution >= 4 is 60.1 Å². The van der Waals surface area contributed by atoms with Crippen LogP contribution in [0.4, 0.5) is 17.3 Å². The van der Waals surface area contributed by atoms with Gasteiger partial charge in [0.1, 0.15) is 33.7 Å². The van der Waals surface area contributed by atoms with Crippen LogP contribution in [0.1, 0.15) is 10.6 Å². The van der Waals surface area contributed by atoms with Crippen molar-refractivity contribution < 1.29 is 51.2 Å². The van der Waals surface area contributed by atoms with Crippen LogP contribution >= 0.6 is 0 Å². The first-order valence-electron chi connectivity index (χ1n) is 10.0. The normalized spacial score (nSPS) is 12.2. The van der Waals surface area contributed by atoms with Crippen LogP contribution in [-0.2, 0) is 20.2 Å². The molecule has 2 aromatic carbocycles. The zero-order chi connectivity index (χ0) is 30.6. The Balaban J connectivity index is 0.000000526. The number of fused-ring (bicyclic) bond motifs is 1. The molecule has 216 valence electrons. The molecule has 0 bridgehead atoms. The zero-order valence-electron chi connectivity index (χ0n) is 20.0. The summed E-state index contributed by atoms with van der Waals surface area (Å²) in [5.74, 6) is -3.72. The lowest BCUT2D eigenvalue weighted by molar-refractivity contribution is 0.0684. The lowest BCUT2D eigenvalue weighted by Gasteiger charge is -2.13. The number of anilines is 2. The van der Waals surface area contributed by atoms with Crippen LogP contribution in [0.15, 0.2) is 49.5 Å². The van der Waals surface area contributed by atoms with E-state index in [1.807, 2.05) is 0 Å². The average molecular weight is 604 g/mol. The monoisotopic (exact) mass is 603 g/mol. The van der Waals surface area contributed by atoms with Crippen molar-refractivity contribution in [2.75, 3.05) is 25.1 Å². The van der Waals surface area contributed by atoms with Gasteiger partial charge in [0.15, 0.2) is 11.5 Å². The number of nitrogens with one attached hydrogen (secondary N) is 2. The summed E-state index contributed by atoms with van der Waals surface area (Å²) in [6.07, 6.45) is 0. The van der Waals surface area contributed by atoms with E-state index in [2.05, 4.69) is 42.3 Å². The van der Waals surface area contributed by atoms with Gasteiger partial charge >= 0.3 is 5.97 Å². The van der Waals surface area contributed by atoms with Gasteiger partial charge in [-0.1, -0.05) is 6.58 Å². The molecule has 0 aliphatic rings. The molecular weight excluding hydrogens is 582 g/mol. The summed E-state index contributed by atoms with van der Waals surface area (Å²) in [6, 6.07) is 1.36. The minimum atomic E-state index is -5.05. The third kappa shape index (κ3) is 7.14. The fourth-order valence-electron chi connectivity index (χ4n) is 2.83. The fraction of sp³-hybridized carbons (Fsp3) is 0.111. The lowest BCUT2D eigenvalue weighted by Crippen LogP contribution is -2.24. The number of aromatic amines is 1. The van der Waals surface area contributed by atoms with Gasteiger partial charge in [0.05, 0.1) is 11.1 Å². The summed E-state index contributed by atoms with van der Waals surface area (Å²) >= 11 is 0. The van der Waals surface area contributed by atoms with Crippen LogP contribution in [0.5, 0.6) is 11.5 Å². The number of benzene rings is 2. The van der Waals surface area contributed by atoms with Gasteiger partial charge in [-0.2, -0.15) is 21.8 Å².